The third kappa shape index (κ3) is 7.71. The first kappa shape index (κ1) is 52.1. The molecule has 6 nitrogen and oxygen atoms in total. The van der Waals surface area contributed by atoms with Gasteiger partial charge in [0.25, 0.3) is 0 Å². The lowest BCUT2D eigenvalue weighted by Crippen LogP contribution is -2.10. The number of rotatable bonds is 7. The molecule has 0 unspecified atom stereocenters. The highest BCUT2D eigenvalue weighted by atomic mass is 32.1. The highest BCUT2D eigenvalue weighted by Gasteiger charge is 2.25. The van der Waals surface area contributed by atoms with Crippen molar-refractivity contribution in [2.24, 2.45) is 0 Å². The van der Waals surface area contributed by atoms with E-state index >= 15 is 0 Å². The van der Waals surface area contributed by atoms with Crippen molar-refractivity contribution in [3.63, 3.8) is 0 Å². The molecule has 0 saturated heterocycles. The molecule has 7 aromatic heterocycles. The van der Waals surface area contributed by atoms with Gasteiger partial charge in [0.05, 0.1) is 38.8 Å². The number of nitrogens with zero attached hydrogens (tertiary/aromatic N) is 6. The van der Waals surface area contributed by atoms with E-state index in [0.29, 0.717) is 17.7 Å². The van der Waals surface area contributed by atoms with Crippen LogP contribution >= 0.6 is 34.0 Å². The number of hydrogen-bond acceptors (Lipinski definition) is 6. The molecule has 9 heteroatoms. The van der Waals surface area contributed by atoms with Crippen LogP contribution in [-0.2, 0) is 0 Å². The van der Waals surface area contributed by atoms with E-state index < -0.39 is 0 Å². The normalized spacial score (nSPS) is 12.3. The van der Waals surface area contributed by atoms with Gasteiger partial charge in [0, 0.05) is 104 Å². The molecule has 0 spiro atoms. The molecule has 0 radical (unpaired) electrons. The van der Waals surface area contributed by atoms with Crippen LogP contribution in [0.3, 0.4) is 0 Å². The second-order valence-electron chi connectivity index (χ2n) is 24.6. The van der Waals surface area contributed by atoms with Crippen LogP contribution in [0.2, 0.25) is 0 Å². The molecular formula is C85H48N6S3. The Morgan fingerprint density at radius 2 is 0.500 bits per heavy atom. The second-order valence-corrected chi connectivity index (χ2v) is 27.9. The van der Waals surface area contributed by atoms with E-state index in [0.717, 1.165) is 87.8 Å². The monoisotopic (exact) mass is 1250 g/mol. The predicted molar refractivity (Wildman–Crippen MR) is 401 cm³/mol. The molecule has 0 saturated carbocycles. The lowest BCUT2D eigenvalue weighted by atomic mass is 10.0. The van der Waals surface area contributed by atoms with Crippen molar-refractivity contribution in [2.75, 3.05) is 0 Å². The minimum Gasteiger partial charge on any atom is -0.309 e. The summed E-state index contributed by atoms with van der Waals surface area (Å²) in [4.78, 5) is 17.1. The van der Waals surface area contributed by atoms with Crippen molar-refractivity contribution in [2.45, 2.75) is 0 Å². The van der Waals surface area contributed by atoms with Gasteiger partial charge < -0.3 is 4.57 Å². The summed E-state index contributed by atoms with van der Waals surface area (Å²) < 4.78 is 14.7. The first-order valence-electron chi connectivity index (χ1n) is 31.7. The molecule has 7 heterocycles. The SMILES string of the molecule is c1ccc2c(c1)sc1ccc(-c3ccc4c(c3)c3ccccc3n4-c3nc(-c4ccc(-n5c6ccccc6c6cc(-c7ccc8sc9ccccc9c8c7)ccc65)c5ccccc45)nc(-n4c5ccccc5c5cc(-c6ccc7sc8ccccc8c7c6)ccc54)n3)cc12. The van der Waals surface area contributed by atoms with Crippen molar-refractivity contribution in [3.05, 3.63) is 291 Å². The summed E-state index contributed by atoms with van der Waals surface area (Å²) in [6.45, 7) is 0. The van der Waals surface area contributed by atoms with Gasteiger partial charge in [0.1, 0.15) is 0 Å². The Morgan fingerprint density at radius 3 is 0.915 bits per heavy atom. The summed E-state index contributed by atoms with van der Waals surface area (Å²) in [5, 5.41) is 16.7. The number of aromatic nitrogens is 6. The minimum atomic E-state index is 0.529. The maximum absolute atomic E-state index is 5.69. The molecule has 0 aliphatic rings. The van der Waals surface area contributed by atoms with Crippen molar-refractivity contribution in [1.29, 1.82) is 0 Å². The van der Waals surface area contributed by atoms with Crippen molar-refractivity contribution < 1.29 is 0 Å². The minimum absolute atomic E-state index is 0.529. The highest BCUT2D eigenvalue weighted by molar-refractivity contribution is 7.26. The Hall–Kier alpha value is -11.6. The lowest BCUT2D eigenvalue weighted by Gasteiger charge is -2.16. The predicted octanol–water partition coefficient (Wildman–Crippen LogP) is 24.1. The van der Waals surface area contributed by atoms with Gasteiger partial charge in [0.15, 0.2) is 5.82 Å². The molecule has 0 aliphatic carbocycles. The van der Waals surface area contributed by atoms with E-state index in [1.54, 1.807) is 0 Å². The van der Waals surface area contributed by atoms with Crippen LogP contribution in [0.5, 0.6) is 0 Å². The van der Waals surface area contributed by atoms with Crippen LogP contribution in [0.15, 0.2) is 291 Å². The third-order valence-electron chi connectivity index (χ3n) is 19.5. The average Bonchev–Trinajstić information content (AvgIpc) is 1.57. The summed E-state index contributed by atoms with van der Waals surface area (Å²) >= 11 is 5.55. The van der Waals surface area contributed by atoms with Gasteiger partial charge in [-0.05, 0) is 160 Å². The van der Waals surface area contributed by atoms with Crippen LogP contribution in [0.4, 0.5) is 0 Å². The van der Waals surface area contributed by atoms with Crippen LogP contribution in [0.25, 0.3) is 199 Å². The van der Waals surface area contributed by atoms with Crippen LogP contribution in [0, 0.1) is 0 Å². The maximum atomic E-state index is 5.69. The van der Waals surface area contributed by atoms with Crippen molar-refractivity contribution in [1.82, 2.24) is 28.7 Å². The zero-order valence-electron chi connectivity index (χ0n) is 50.1. The zero-order valence-corrected chi connectivity index (χ0v) is 52.6. The number of benzene rings is 14. The molecule has 0 bridgehead atoms. The fourth-order valence-corrected chi connectivity index (χ4v) is 18.5. The Kier molecular flexibility index (Phi) is 11.1. The average molecular weight is 1250 g/mol. The van der Waals surface area contributed by atoms with Gasteiger partial charge >= 0.3 is 0 Å². The fourth-order valence-electron chi connectivity index (χ4n) is 15.2. The first-order valence-corrected chi connectivity index (χ1v) is 34.2. The fraction of sp³-hybridized carbons (Fsp3) is 0. The number of hydrogen-bond donors (Lipinski definition) is 0. The molecule has 0 atom stereocenters. The zero-order chi connectivity index (χ0) is 61.3. The molecule has 21 rings (SSSR count). The van der Waals surface area contributed by atoms with Crippen molar-refractivity contribution >= 4 is 171 Å². The van der Waals surface area contributed by atoms with E-state index in [9.17, 15) is 0 Å². The number of thiophene rings is 3. The first-order chi connectivity index (χ1) is 46.6. The summed E-state index contributed by atoms with van der Waals surface area (Å²) in [5.41, 5.74) is 15.3. The van der Waals surface area contributed by atoms with E-state index in [2.05, 4.69) is 305 Å². The van der Waals surface area contributed by atoms with E-state index in [-0.39, 0.29) is 0 Å². The summed E-state index contributed by atoms with van der Waals surface area (Å²) in [7, 11) is 0. The lowest BCUT2D eigenvalue weighted by molar-refractivity contribution is 0.893. The van der Waals surface area contributed by atoms with Crippen molar-refractivity contribution in [3.8, 4) is 62.4 Å². The Morgan fingerprint density at radius 1 is 0.202 bits per heavy atom. The summed E-state index contributed by atoms with van der Waals surface area (Å²) in [6.07, 6.45) is 0. The molecule has 0 N–H and O–H groups in total. The van der Waals surface area contributed by atoms with Gasteiger partial charge in [-0.15, -0.1) is 34.0 Å². The standard InChI is InChI=1S/C85H48N6S3/c1-2-16-56-55(15-1)63(35-39-73(56)89-70-23-9-3-17-57(70)64-43-49(29-36-74(64)89)52-32-40-80-67(46-52)60-20-6-12-26-77(60)92-80)83-86-84(90-71-24-10-4-18-58(71)65-44-50(30-37-75(65)90)53-33-41-81-68(47-53)61-21-7-13-27-78(61)93-81)88-85(87-83)91-72-25-11-5-19-59(72)66-45-51(31-38-76(66)91)54-34-42-82-69(48-54)62-22-8-14-28-79(62)94-82/h1-48H. The largest absolute Gasteiger partial charge is 0.309 e. The Bertz CT molecular complexity index is 6580. The topological polar surface area (TPSA) is 53.5 Å². The van der Waals surface area contributed by atoms with Gasteiger partial charge in [-0.25, -0.2) is 0 Å². The van der Waals surface area contributed by atoms with Gasteiger partial charge in [-0.3, -0.25) is 9.13 Å². The molecule has 94 heavy (non-hydrogen) atoms. The second kappa shape index (κ2) is 20.0. The summed E-state index contributed by atoms with van der Waals surface area (Å²) in [6, 6.07) is 107. The third-order valence-corrected chi connectivity index (χ3v) is 23.0. The smallest absolute Gasteiger partial charge is 0.240 e. The summed E-state index contributed by atoms with van der Waals surface area (Å²) in [5.74, 6) is 1.63. The molecule has 0 fully saturated rings. The van der Waals surface area contributed by atoms with Crippen LogP contribution < -0.4 is 0 Å². The number of fused-ring (bicyclic) bond motifs is 19. The van der Waals surface area contributed by atoms with Gasteiger partial charge in [-0.2, -0.15) is 15.0 Å². The van der Waals surface area contributed by atoms with E-state index in [1.807, 2.05) is 34.0 Å². The molecule has 21 aromatic rings. The van der Waals surface area contributed by atoms with E-state index in [4.69, 9.17) is 15.0 Å². The molecule has 0 amide bonds. The highest BCUT2D eigenvalue weighted by Crippen LogP contribution is 2.45. The van der Waals surface area contributed by atoms with E-state index in [1.165, 1.54) is 93.5 Å². The molecular weight excluding hydrogens is 1200 g/mol. The molecule has 0 aliphatic heterocycles. The van der Waals surface area contributed by atoms with Crippen LogP contribution in [-0.4, -0.2) is 28.7 Å². The molecule has 436 valence electrons. The quantitative estimate of drug-likeness (QED) is 0.160. The Balaban J connectivity index is 0.768. The Labute approximate surface area is 549 Å². The maximum Gasteiger partial charge on any atom is 0.240 e. The van der Waals surface area contributed by atoms with Gasteiger partial charge in [-0.1, -0.05) is 170 Å². The van der Waals surface area contributed by atoms with Crippen LogP contribution in [0.1, 0.15) is 0 Å². The number of para-hydroxylation sites is 3. The van der Waals surface area contributed by atoms with Gasteiger partial charge in [0.2, 0.25) is 11.9 Å². The molecule has 14 aromatic carbocycles.